The van der Waals surface area contributed by atoms with Gasteiger partial charge < -0.3 is 10.2 Å². The molecule has 2 aromatic heterocycles. The van der Waals surface area contributed by atoms with Crippen LogP contribution in [0.2, 0.25) is 0 Å². The Labute approximate surface area is 142 Å². The van der Waals surface area contributed by atoms with Gasteiger partial charge in [-0.25, -0.2) is 9.97 Å². The molecule has 0 aliphatic carbocycles. The van der Waals surface area contributed by atoms with Gasteiger partial charge >= 0.3 is 0 Å². The number of aryl methyl sites for hydroxylation is 2. The van der Waals surface area contributed by atoms with Gasteiger partial charge in [0.15, 0.2) is 0 Å². The predicted molar refractivity (Wildman–Crippen MR) is 93.3 cm³/mol. The molecule has 1 aliphatic heterocycles. The molecule has 7 heteroatoms. The smallest absolute Gasteiger partial charge is 0.259 e. The Kier molecular flexibility index (Phi) is 4.51. The second-order valence-electron chi connectivity index (χ2n) is 6.56. The van der Waals surface area contributed by atoms with Gasteiger partial charge in [0.1, 0.15) is 0 Å². The highest BCUT2D eigenvalue weighted by Crippen LogP contribution is 2.20. The molecule has 0 atom stereocenters. The van der Waals surface area contributed by atoms with Crippen molar-refractivity contribution in [3.8, 4) is 0 Å². The Bertz CT molecular complexity index is 728. The number of nitrogens with zero attached hydrogens (tertiary/aromatic N) is 5. The Morgan fingerprint density at radius 2 is 1.83 bits per heavy atom. The van der Waals surface area contributed by atoms with Crippen LogP contribution in [-0.4, -0.2) is 38.7 Å². The van der Waals surface area contributed by atoms with E-state index in [1.807, 2.05) is 20.9 Å². The van der Waals surface area contributed by atoms with E-state index in [0.29, 0.717) is 16.9 Å². The normalized spacial score (nSPS) is 15.6. The average molecular weight is 328 g/mol. The Balaban J connectivity index is 1.69. The summed E-state index contributed by atoms with van der Waals surface area (Å²) in [5.74, 6) is 1.32. The maximum Gasteiger partial charge on any atom is 0.259 e. The average Bonchev–Trinajstić information content (AvgIpc) is 2.81. The van der Waals surface area contributed by atoms with E-state index in [0.717, 1.165) is 30.6 Å². The van der Waals surface area contributed by atoms with Gasteiger partial charge in [0.25, 0.3) is 5.91 Å². The molecule has 0 aromatic carbocycles. The molecule has 1 aliphatic rings. The van der Waals surface area contributed by atoms with Crippen molar-refractivity contribution in [1.82, 2.24) is 19.7 Å². The van der Waals surface area contributed by atoms with Crippen molar-refractivity contribution < 1.29 is 4.79 Å². The summed E-state index contributed by atoms with van der Waals surface area (Å²) in [4.78, 5) is 23.5. The number of nitrogens with one attached hydrogen (secondary N) is 1. The van der Waals surface area contributed by atoms with E-state index in [1.165, 1.54) is 12.8 Å². The molecule has 1 N–H and O–H groups in total. The molecule has 7 nitrogen and oxygen atoms in total. The molecule has 0 bridgehead atoms. The Morgan fingerprint density at radius 1 is 1.21 bits per heavy atom. The SMILES string of the molecule is Cc1nn(C)c(C)c1C(=O)Nc1cnc(N2CCC(C)CC2)nc1. The largest absolute Gasteiger partial charge is 0.341 e. The number of hydrogen-bond acceptors (Lipinski definition) is 5. The van der Waals surface area contributed by atoms with Crippen LogP contribution in [0.3, 0.4) is 0 Å². The van der Waals surface area contributed by atoms with E-state index in [1.54, 1.807) is 17.1 Å². The lowest BCUT2D eigenvalue weighted by Gasteiger charge is -2.30. The maximum atomic E-state index is 12.5. The van der Waals surface area contributed by atoms with E-state index in [9.17, 15) is 4.79 Å². The van der Waals surface area contributed by atoms with Crippen LogP contribution in [0.25, 0.3) is 0 Å². The van der Waals surface area contributed by atoms with E-state index in [2.05, 4.69) is 32.2 Å². The highest BCUT2D eigenvalue weighted by molar-refractivity contribution is 6.05. The van der Waals surface area contributed by atoms with E-state index >= 15 is 0 Å². The summed E-state index contributed by atoms with van der Waals surface area (Å²) in [6.07, 6.45) is 5.67. The fourth-order valence-electron chi connectivity index (χ4n) is 3.05. The van der Waals surface area contributed by atoms with Gasteiger partial charge in [0, 0.05) is 25.8 Å². The minimum absolute atomic E-state index is 0.179. The summed E-state index contributed by atoms with van der Waals surface area (Å²) in [5.41, 5.74) is 2.75. The predicted octanol–water partition coefficient (Wildman–Crippen LogP) is 2.32. The number of carbonyl (C=O) groups is 1. The van der Waals surface area contributed by atoms with Crippen LogP contribution in [0, 0.1) is 19.8 Å². The topological polar surface area (TPSA) is 75.9 Å². The number of rotatable bonds is 3. The summed E-state index contributed by atoms with van der Waals surface area (Å²) < 4.78 is 1.71. The molecule has 128 valence electrons. The number of anilines is 2. The van der Waals surface area contributed by atoms with Gasteiger partial charge in [0.05, 0.1) is 29.3 Å². The first-order valence-corrected chi connectivity index (χ1v) is 8.34. The van der Waals surface area contributed by atoms with Gasteiger partial charge in [0.2, 0.25) is 5.95 Å². The molecule has 0 radical (unpaired) electrons. The zero-order chi connectivity index (χ0) is 17.3. The highest BCUT2D eigenvalue weighted by Gasteiger charge is 2.19. The van der Waals surface area contributed by atoms with Crippen molar-refractivity contribution in [3.05, 3.63) is 29.3 Å². The quantitative estimate of drug-likeness (QED) is 0.936. The second kappa shape index (κ2) is 6.59. The molecular formula is C17H24N6O. The molecule has 0 saturated carbocycles. The molecule has 3 rings (SSSR count). The van der Waals surface area contributed by atoms with Crippen LogP contribution < -0.4 is 10.2 Å². The lowest BCUT2D eigenvalue weighted by atomic mass is 10.00. The summed E-state index contributed by atoms with van der Waals surface area (Å²) in [6.45, 7) is 7.96. The minimum Gasteiger partial charge on any atom is -0.341 e. The summed E-state index contributed by atoms with van der Waals surface area (Å²) >= 11 is 0. The third-order valence-electron chi connectivity index (χ3n) is 4.70. The lowest BCUT2D eigenvalue weighted by molar-refractivity contribution is 0.102. The first-order chi connectivity index (χ1) is 11.5. The highest BCUT2D eigenvalue weighted by atomic mass is 16.1. The van der Waals surface area contributed by atoms with Gasteiger partial charge in [-0.1, -0.05) is 6.92 Å². The van der Waals surface area contributed by atoms with Gasteiger partial charge in [-0.3, -0.25) is 9.48 Å². The van der Waals surface area contributed by atoms with Gasteiger partial charge in [-0.05, 0) is 32.6 Å². The number of carbonyl (C=O) groups excluding carboxylic acids is 1. The second-order valence-corrected chi connectivity index (χ2v) is 6.56. The lowest BCUT2D eigenvalue weighted by Crippen LogP contribution is -2.34. The van der Waals surface area contributed by atoms with Crippen LogP contribution in [0.4, 0.5) is 11.6 Å². The third kappa shape index (κ3) is 3.25. The Morgan fingerprint density at radius 3 is 2.38 bits per heavy atom. The fourth-order valence-corrected chi connectivity index (χ4v) is 3.05. The number of piperidine rings is 1. The molecule has 0 unspecified atom stereocenters. The van der Waals surface area contributed by atoms with Crippen molar-refractivity contribution in [2.45, 2.75) is 33.6 Å². The fraction of sp³-hybridized carbons (Fsp3) is 0.529. The molecule has 2 aromatic rings. The van der Waals surface area contributed by atoms with Crippen molar-refractivity contribution in [3.63, 3.8) is 0 Å². The first-order valence-electron chi connectivity index (χ1n) is 8.34. The third-order valence-corrected chi connectivity index (χ3v) is 4.70. The molecule has 24 heavy (non-hydrogen) atoms. The molecule has 1 fully saturated rings. The van der Waals surface area contributed by atoms with Gasteiger partial charge in [-0.2, -0.15) is 5.10 Å². The first kappa shape index (κ1) is 16.4. The number of aromatic nitrogens is 4. The minimum atomic E-state index is -0.179. The van der Waals surface area contributed by atoms with Crippen molar-refractivity contribution >= 4 is 17.5 Å². The summed E-state index contributed by atoms with van der Waals surface area (Å²) in [5, 5.41) is 7.13. The van der Waals surface area contributed by atoms with Crippen LogP contribution in [-0.2, 0) is 7.05 Å². The van der Waals surface area contributed by atoms with Crippen LogP contribution in [0.15, 0.2) is 12.4 Å². The van der Waals surface area contributed by atoms with Crippen molar-refractivity contribution in [2.75, 3.05) is 23.3 Å². The standard InChI is InChI=1S/C17H24N6O/c1-11-5-7-23(8-6-11)17-18-9-14(10-19-17)20-16(24)15-12(2)21-22(4)13(15)3/h9-11H,5-8H2,1-4H3,(H,20,24). The zero-order valence-electron chi connectivity index (χ0n) is 14.7. The van der Waals surface area contributed by atoms with E-state index < -0.39 is 0 Å². The van der Waals surface area contributed by atoms with E-state index in [-0.39, 0.29) is 5.91 Å². The van der Waals surface area contributed by atoms with Crippen LogP contribution >= 0.6 is 0 Å². The Hall–Kier alpha value is -2.44. The van der Waals surface area contributed by atoms with Crippen LogP contribution in [0.5, 0.6) is 0 Å². The number of amides is 1. The van der Waals surface area contributed by atoms with Crippen molar-refractivity contribution in [1.29, 1.82) is 0 Å². The monoisotopic (exact) mass is 328 g/mol. The maximum absolute atomic E-state index is 12.5. The number of hydrogen-bond donors (Lipinski definition) is 1. The van der Waals surface area contributed by atoms with Gasteiger partial charge in [-0.15, -0.1) is 0 Å². The van der Waals surface area contributed by atoms with Crippen LogP contribution in [0.1, 0.15) is 41.5 Å². The summed E-state index contributed by atoms with van der Waals surface area (Å²) in [7, 11) is 1.83. The molecule has 1 amide bonds. The molecular weight excluding hydrogens is 304 g/mol. The van der Waals surface area contributed by atoms with E-state index in [4.69, 9.17) is 0 Å². The van der Waals surface area contributed by atoms with Crippen molar-refractivity contribution in [2.24, 2.45) is 13.0 Å². The molecule has 0 spiro atoms. The zero-order valence-corrected chi connectivity index (χ0v) is 14.7. The molecule has 3 heterocycles. The molecule has 1 saturated heterocycles. The summed E-state index contributed by atoms with van der Waals surface area (Å²) in [6, 6.07) is 0.